The van der Waals surface area contributed by atoms with Crippen LogP contribution in [0.15, 0.2) is 40.9 Å². The first-order chi connectivity index (χ1) is 11.5. The van der Waals surface area contributed by atoms with Crippen molar-refractivity contribution in [3.63, 3.8) is 0 Å². The third-order valence-corrected chi connectivity index (χ3v) is 6.08. The molecular formula is C19H20BrIN2O. The van der Waals surface area contributed by atoms with E-state index in [-0.39, 0.29) is 5.91 Å². The van der Waals surface area contributed by atoms with Gasteiger partial charge >= 0.3 is 0 Å². The normalized spacial score (nSPS) is 14.8. The molecule has 1 aliphatic heterocycles. The van der Waals surface area contributed by atoms with E-state index in [0.717, 1.165) is 39.8 Å². The van der Waals surface area contributed by atoms with Crippen LogP contribution >= 0.6 is 38.5 Å². The van der Waals surface area contributed by atoms with Crippen LogP contribution in [0.4, 0.5) is 5.69 Å². The number of anilines is 1. The van der Waals surface area contributed by atoms with Gasteiger partial charge in [0.1, 0.15) is 0 Å². The number of piperazine rings is 1. The van der Waals surface area contributed by atoms with Crippen molar-refractivity contribution in [2.75, 3.05) is 31.1 Å². The molecule has 126 valence electrons. The summed E-state index contributed by atoms with van der Waals surface area (Å²) in [5, 5.41) is 0. The van der Waals surface area contributed by atoms with Crippen LogP contribution in [0, 0.1) is 17.4 Å². The van der Waals surface area contributed by atoms with Gasteiger partial charge in [0.2, 0.25) is 0 Å². The maximum Gasteiger partial charge on any atom is 0.255 e. The first-order valence-corrected chi connectivity index (χ1v) is 9.90. The molecule has 5 heteroatoms. The number of rotatable bonds is 2. The Labute approximate surface area is 165 Å². The molecule has 0 N–H and O–H groups in total. The SMILES string of the molecule is Cc1cccc(N2CCN(C(=O)c3cc(Br)ccc3I)CC2)c1C. The Hall–Kier alpha value is -1.08. The molecule has 1 fully saturated rings. The maximum atomic E-state index is 12.8. The van der Waals surface area contributed by atoms with Crippen LogP contribution in [0.3, 0.4) is 0 Å². The summed E-state index contributed by atoms with van der Waals surface area (Å²) >= 11 is 5.69. The minimum atomic E-state index is 0.126. The molecule has 0 radical (unpaired) electrons. The quantitative estimate of drug-likeness (QED) is 0.563. The van der Waals surface area contributed by atoms with Gasteiger partial charge in [0.05, 0.1) is 5.56 Å². The fraction of sp³-hybridized carbons (Fsp3) is 0.316. The fourth-order valence-corrected chi connectivity index (χ4v) is 3.99. The summed E-state index contributed by atoms with van der Waals surface area (Å²) in [6, 6.07) is 12.3. The molecule has 3 rings (SSSR count). The van der Waals surface area contributed by atoms with E-state index < -0.39 is 0 Å². The van der Waals surface area contributed by atoms with E-state index in [2.05, 4.69) is 75.5 Å². The summed E-state index contributed by atoms with van der Waals surface area (Å²) in [6.45, 7) is 7.59. The zero-order valence-corrected chi connectivity index (χ0v) is 17.6. The van der Waals surface area contributed by atoms with E-state index >= 15 is 0 Å². The van der Waals surface area contributed by atoms with Crippen LogP contribution in [-0.2, 0) is 0 Å². The molecule has 3 nitrogen and oxygen atoms in total. The Balaban J connectivity index is 1.72. The lowest BCUT2D eigenvalue weighted by atomic mass is 10.1. The van der Waals surface area contributed by atoms with Crippen molar-refractivity contribution in [1.29, 1.82) is 0 Å². The van der Waals surface area contributed by atoms with E-state index in [1.54, 1.807) is 0 Å². The molecule has 1 saturated heterocycles. The number of carbonyl (C=O) groups is 1. The monoisotopic (exact) mass is 498 g/mol. The van der Waals surface area contributed by atoms with E-state index in [1.165, 1.54) is 16.8 Å². The topological polar surface area (TPSA) is 23.6 Å². The van der Waals surface area contributed by atoms with Crippen LogP contribution in [0.25, 0.3) is 0 Å². The van der Waals surface area contributed by atoms with Crippen molar-refractivity contribution in [2.24, 2.45) is 0 Å². The number of carbonyl (C=O) groups excluding carboxylic acids is 1. The number of halogens is 2. The van der Waals surface area contributed by atoms with Crippen LogP contribution in [0.5, 0.6) is 0 Å². The van der Waals surface area contributed by atoms with Gasteiger partial charge in [-0.25, -0.2) is 0 Å². The van der Waals surface area contributed by atoms with Crippen molar-refractivity contribution >= 4 is 50.1 Å². The highest BCUT2D eigenvalue weighted by molar-refractivity contribution is 14.1. The third-order valence-electron chi connectivity index (χ3n) is 4.64. The second-order valence-electron chi connectivity index (χ2n) is 6.12. The Morgan fingerprint density at radius 3 is 2.50 bits per heavy atom. The number of hydrogen-bond acceptors (Lipinski definition) is 2. The van der Waals surface area contributed by atoms with Crippen LogP contribution in [0.1, 0.15) is 21.5 Å². The summed E-state index contributed by atoms with van der Waals surface area (Å²) in [6.07, 6.45) is 0. The predicted octanol–water partition coefficient (Wildman–Crippen LogP) is 4.63. The average Bonchev–Trinajstić information content (AvgIpc) is 2.59. The van der Waals surface area contributed by atoms with Crippen molar-refractivity contribution < 1.29 is 4.79 Å². The molecule has 0 aromatic heterocycles. The van der Waals surface area contributed by atoms with Crippen LogP contribution < -0.4 is 4.90 Å². The predicted molar refractivity (Wildman–Crippen MR) is 111 cm³/mol. The van der Waals surface area contributed by atoms with Gasteiger partial charge in [-0.1, -0.05) is 28.1 Å². The Kier molecular flexibility index (Phi) is 5.49. The lowest BCUT2D eigenvalue weighted by Crippen LogP contribution is -2.49. The zero-order chi connectivity index (χ0) is 17.3. The number of aryl methyl sites for hydroxylation is 1. The number of amides is 1. The summed E-state index contributed by atoms with van der Waals surface area (Å²) in [5.74, 6) is 0.126. The van der Waals surface area contributed by atoms with Gasteiger partial charge in [0.25, 0.3) is 5.91 Å². The fourth-order valence-electron chi connectivity index (χ4n) is 3.06. The molecule has 0 bridgehead atoms. The Morgan fingerprint density at radius 2 is 1.79 bits per heavy atom. The summed E-state index contributed by atoms with van der Waals surface area (Å²) in [5.41, 5.74) is 4.72. The van der Waals surface area contributed by atoms with E-state index in [9.17, 15) is 4.79 Å². The summed E-state index contributed by atoms with van der Waals surface area (Å²) in [7, 11) is 0. The second-order valence-corrected chi connectivity index (χ2v) is 8.20. The molecule has 2 aromatic rings. The Morgan fingerprint density at radius 1 is 1.08 bits per heavy atom. The maximum absolute atomic E-state index is 12.8. The average molecular weight is 499 g/mol. The minimum Gasteiger partial charge on any atom is -0.368 e. The van der Waals surface area contributed by atoms with Gasteiger partial charge in [-0.05, 0) is 71.8 Å². The molecular weight excluding hydrogens is 479 g/mol. The van der Waals surface area contributed by atoms with E-state index in [1.807, 2.05) is 23.1 Å². The smallest absolute Gasteiger partial charge is 0.255 e. The molecule has 2 aromatic carbocycles. The molecule has 0 atom stereocenters. The molecule has 1 amide bonds. The highest BCUT2D eigenvalue weighted by Crippen LogP contribution is 2.25. The van der Waals surface area contributed by atoms with Gasteiger partial charge in [0.15, 0.2) is 0 Å². The van der Waals surface area contributed by atoms with Gasteiger partial charge in [-0.15, -0.1) is 0 Å². The first-order valence-electron chi connectivity index (χ1n) is 8.03. The first kappa shape index (κ1) is 17.7. The Bertz CT molecular complexity index is 770. The van der Waals surface area contributed by atoms with Crippen LogP contribution in [-0.4, -0.2) is 37.0 Å². The van der Waals surface area contributed by atoms with Crippen molar-refractivity contribution in [3.05, 3.63) is 61.1 Å². The largest absolute Gasteiger partial charge is 0.368 e. The molecule has 1 aliphatic rings. The summed E-state index contributed by atoms with van der Waals surface area (Å²) < 4.78 is 1.94. The number of benzene rings is 2. The second kappa shape index (κ2) is 7.44. The van der Waals surface area contributed by atoms with Gasteiger partial charge in [-0.3, -0.25) is 4.79 Å². The third kappa shape index (κ3) is 3.61. The number of nitrogens with zero attached hydrogens (tertiary/aromatic N) is 2. The molecule has 24 heavy (non-hydrogen) atoms. The van der Waals surface area contributed by atoms with Crippen molar-refractivity contribution in [1.82, 2.24) is 4.90 Å². The molecule has 0 unspecified atom stereocenters. The van der Waals surface area contributed by atoms with Gasteiger partial charge < -0.3 is 9.80 Å². The zero-order valence-electron chi connectivity index (χ0n) is 13.9. The standard InChI is InChI=1S/C19H20BrIN2O/c1-13-4-3-5-18(14(13)2)22-8-10-23(11-9-22)19(24)16-12-15(20)6-7-17(16)21/h3-7,12H,8-11H2,1-2H3. The van der Waals surface area contributed by atoms with Crippen LogP contribution in [0.2, 0.25) is 0 Å². The van der Waals surface area contributed by atoms with E-state index in [4.69, 9.17) is 0 Å². The molecule has 0 spiro atoms. The van der Waals surface area contributed by atoms with Crippen molar-refractivity contribution in [2.45, 2.75) is 13.8 Å². The lowest BCUT2D eigenvalue weighted by Gasteiger charge is -2.37. The summed E-state index contributed by atoms with van der Waals surface area (Å²) in [4.78, 5) is 17.2. The van der Waals surface area contributed by atoms with Gasteiger partial charge in [-0.2, -0.15) is 0 Å². The lowest BCUT2D eigenvalue weighted by molar-refractivity contribution is 0.0745. The molecule has 1 heterocycles. The van der Waals surface area contributed by atoms with E-state index in [0.29, 0.717) is 0 Å². The molecule has 0 saturated carbocycles. The number of hydrogen-bond donors (Lipinski definition) is 0. The van der Waals surface area contributed by atoms with Gasteiger partial charge in [0, 0.05) is 39.9 Å². The highest BCUT2D eigenvalue weighted by atomic mass is 127. The van der Waals surface area contributed by atoms with Crippen molar-refractivity contribution in [3.8, 4) is 0 Å². The highest BCUT2D eigenvalue weighted by Gasteiger charge is 2.24. The minimum absolute atomic E-state index is 0.126. The molecule has 0 aliphatic carbocycles.